The Kier molecular flexibility index (Phi) is 3.18. The number of fused-ring (bicyclic) bond motifs is 1. The van der Waals surface area contributed by atoms with E-state index >= 15 is 0 Å². The van der Waals surface area contributed by atoms with Crippen LogP contribution in [0.4, 0.5) is 0 Å². The molecule has 18 heavy (non-hydrogen) atoms. The van der Waals surface area contributed by atoms with Gasteiger partial charge in [0.15, 0.2) is 0 Å². The van der Waals surface area contributed by atoms with Gasteiger partial charge in [-0.15, -0.1) is 0 Å². The molecule has 0 N–H and O–H groups in total. The molecule has 0 saturated heterocycles. The number of nitriles is 1. The second-order valence-electron chi connectivity index (χ2n) is 5.42. The highest BCUT2D eigenvalue weighted by atomic mass is 35.5. The molecule has 0 bridgehead atoms. The first-order valence-corrected chi connectivity index (χ1v) is 7.00. The van der Waals surface area contributed by atoms with Crippen LogP contribution in [0, 0.1) is 23.2 Å². The summed E-state index contributed by atoms with van der Waals surface area (Å²) >= 11 is 6.01. The second-order valence-corrected chi connectivity index (χ2v) is 5.82. The van der Waals surface area contributed by atoms with E-state index in [-0.39, 0.29) is 0 Å². The van der Waals surface area contributed by atoms with Gasteiger partial charge in [0, 0.05) is 6.07 Å². The molecule has 2 saturated carbocycles. The van der Waals surface area contributed by atoms with Gasteiger partial charge < -0.3 is 4.74 Å². The smallest absolute Gasteiger partial charge is 0.121 e. The van der Waals surface area contributed by atoms with Crippen molar-refractivity contribution >= 4 is 11.6 Å². The third kappa shape index (κ3) is 2.20. The molecule has 0 heterocycles. The summed E-state index contributed by atoms with van der Waals surface area (Å²) < 4.78 is 6.00. The molecule has 2 nitrogen and oxygen atoms in total. The molecule has 0 spiro atoms. The van der Waals surface area contributed by atoms with Crippen molar-refractivity contribution in [3.05, 3.63) is 28.8 Å². The van der Waals surface area contributed by atoms with Crippen LogP contribution in [0.25, 0.3) is 0 Å². The van der Waals surface area contributed by atoms with Crippen LogP contribution in [-0.2, 0) is 0 Å². The van der Waals surface area contributed by atoms with E-state index in [0.29, 0.717) is 16.7 Å². The minimum atomic E-state index is 0.337. The van der Waals surface area contributed by atoms with E-state index in [1.165, 1.54) is 32.1 Å². The van der Waals surface area contributed by atoms with Crippen molar-refractivity contribution < 1.29 is 4.74 Å². The van der Waals surface area contributed by atoms with Gasteiger partial charge in [0.2, 0.25) is 0 Å². The SMILES string of the molecule is N#Cc1ccc(OC2CC3CCCC3C2)cc1Cl. The Labute approximate surface area is 113 Å². The van der Waals surface area contributed by atoms with Crippen molar-refractivity contribution in [2.75, 3.05) is 0 Å². The maximum absolute atomic E-state index is 8.83. The molecule has 0 aliphatic heterocycles. The zero-order chi connectivity index (χ0) is 12.5. The predicted molar refractivity (Wildman–Crippen MR) is 70.6 cm³/mol. The Hall–Kier alpha value is -1.20. The van der Waals surface area contributed by atoms with Gasteiger partial charge in [0.1, 0.15) is 11.8 Å². The molecule has 1 aromatic carbocycles. The quantitative estimate of drug-likeness (QED) is 0.800. The maximum atomic E-state index is 8.83. The molecule has 2 aliphatic carbocycles. The Bertz CT molecular complexity index is 482. The Balaban J connectivity index is 1.67. The zero-order valence-corrected chi connectivity index (χ0v) is 11.0. The molecule has 2 atom stereocenters. The summed E-state index contributed by atoms with van der Waals surface area (Å²) in [6.45, 7) is 0. The van der Waals surface area contributed by atoms with E-state index in [9.17, 15) is 0 Å². The summed E-state index contributed by atoms with van der Waals surface area (Å²) in [5.74, 6) is 2.55. The van der Waals surface area contributed by atoms with E-state index in [1.54, 1.807) is 12.1 Å². The highest BCUT2D eigenvalue weighted by Crippen LogP contribution is 2.45. The Morgan fingerprint density at radius 3 is 2.56 bits per heavy atom. The monoisotopic (exact) mass is 261 g/mol. The summed E-state index contributed by atoms with van der Waals surface area (Å²) in [4.78, 5) is 0. The number of hydrogen-bond donors (Lipinski definition) is 0. The number of nitrogens with zero attached hydrogens (tertiary/aromatic N) is 1. The summed E-state index contributed by atoms with van der Waals surface area (Å²) in [6, 6.07) is 7.39. The minimum Gasteiger partial charge on any atom is -0.490 e. The number of rotatable bonds is 2. The summed E-state index contributed by atoms with van der Waals surface area (Å²) in [5, 5.41) is 9.31. The van der Waals surface area contributed by atoms with E-state index in [0.717, 1.165) is 17.6 Å². The summed E-state index contributed by atoms with van der Waals surface area (Å²) in [7, 11) is 0. The maximum Gasteiger partial charge on any atom is 0.121 e. The fourth-order valence-electron chi connectivity index (χ4n) is 3.45. The van der Waals surface area contributed by atoms with Crippen molar-refractivity contribution in [3.63, 3.8) is 0 Å². The van der Waals surface area contributed by atoms with Gasteiger partial charge in [-0.1, -0.05) is 30.9 Å². The molecule has 94 valence electrons. The molecular formula is C15H16ClNO. The topological polar surface area (TPSA) is 33.0 Å². The normalized spacial score (nSPS) is 29.9. The highest BCUT2D eigenvalue weighted by molar-refractivity contribution is 6.31. The first-order valence-electron chi connectivity index (χ1n) is 6.62. The van der Waals surface area contributed by atoms with Crippen molar-refractivity contribution in [1.82, 2.24) is 0 Å². The molecule has 0 aromatic heterocycles. The van der Waals surface area contributed by atoms with Gasteiger partial charge in [0.25, 0.3) is 0 Å². The third-order valence-corrected chi connectivity index (χ3v) is 4.62. The number of halogens is 1. The molecular weight excluding hydrogens is 246 g/mol. The molecule has 2 aliphatic rings. The van der Waals surface area contributed by atoms with Gasteiger partial charge in [-0.05, 0) is 36.8 Å². The van der Waals surface area contributed by atoms with Gasteiger partial charge in [-0.2, -0.15) is 5.26 Å². The van der Waals surface area contributed by atoms with Crippen LogP contribution in [0.1, 0.15) is 37.7 Å². The first kappa shape index (κ1) is 11.9. The van der Waals surface area contributed by atoms with Crippen molar-refractivity contribution in [2.45, 2.75) is 38.2 Å². The number of benzene rings is 1. The van der Waals surface area contributed by atoms with Crippen LogP contribution >= 0.6 is 11.6 Å². The van der Waals surface area contributed by atoms with Gasteiger partial charge in [-0.3, -0.25) is 0 Å². The molecule has 2 unspecified atom stereocenters. The molecule has 0 amide bonds. The minimum absolute atomic E-state index is 0.337. The summed E-state index contributed by atoms with van der Waals surface area (Å²) in [6.07, 6.45) is 6.84. The van der Waals surface area contributed by atoms with Crippen molar-refractivity contribution in [3.8, 4) is 11.8 Å². The first-order chi connectivity index (χ1) is 8.76. The van der Waals surface area contributed by atoms with Crippen LogP contribution in [-0.4, -0.2) is 6.10 Å². The van der Waals surface area contributed by atoms with E-state index in [4.69, 9.17) is 21.6 Å². The zero-order valence-electron chi connectivity index (χ0n) is 10.2. The molecule has 1 aromatic rings. The molecule has 0 radical (unpaired) electrons. The van der Waals surface area contributed by atoms with Crippen LogP contribution in [0.3, 0.4) is 0 Å². The van der Waals surface area contributed by atoms with Crippen molar-refractivity contribution in [2.24, 2.45) is 11.8 Å². The van der Waals surface area contributed by atoms with Crippen LogP contribution in [0.15, 0.2) is 18.2 Å². The number of ether oxygens (including phenoxy) is 1. The molecule has 2 fully saturated rings. The van der Waals surface area contributed by atoms with Gasteiger partial charge in [0.05, 0.1) is 16.7 Å². The Morgan fingerprint density at radius 2 is 1.94 bits per heavy atom. The lowest BCUT2D eigenvalue weighted by Gasteiger charge is -2.15. The molecule has 3 heteroatoms. The number of hydrogen-bond acceptors (Lipinski definition) is 2. The van der Waals surface area contributed by atoms with Crippen LogP contribution < -0.4 is 4.74 Å². The summed E-state index contributed by atoms with van der Waals surface area (Å²) in [5.41, 5.74) is 0.507. The van der Waals surface area contributed by atoms with Crippen molar-refractivity contribution in [1.29, 1.82) is 5.26 Å². The lowest BCUT2D eigenvalue weighted by Crippen LogP contribution is -2.12. The van der Waals surface area contributed by atoms with E-state index in [2.05, 4.69) is 6.07 Å². The Morgan fingerprint density at radius 1 is 1.22 bits per heavy atom. The predicted octanol–water partition coefficient (Wildman–Crippen LogP) is 4.17. The van der Waals surface area contributed by atoms with Crippen LogP contribution in [0.2, 0.25) is 5.02 Å². The lowest BCUT2D eigenvalue weighted by atomic mass is 10.0. The van der Waals surface area contributed by atoms with Gasteiger partial charge in [-0.25, -0.2) is 0 Å². The van der Waals surface area contributed by atoms with Crippen LogP contribution in [0.5, 0.6) is 5.75 Å². The second kappa shape index (κ2) is 4.82. The largest absolute Gasteiger partial charge is 0.490 e. The highest BCUT2D eigenvalue weighted by Gasteiger charge is 2.38. The molecule has 3 rings (SSSR count). The third-order valence-electron chi connectivity index (χ3n) is 4.31. The van der Waals surface area contributed by atoms with E-state index in [1.807, 2.05) is 6.07 Å². The average molecular weight is 262 g/mol. The fourth-order valence-corrected chi connectivity index (χ4v) is 3.67. The standard InChI is InChI=1S/C15H16ClNO/c16-15-8-13(5-4-12(15)9-17)18-14-6-10-2-1-3-11(10)7-14/h4-5,8,10-11,14H,1-3,6-7H2. The fraction of sp³-hybridized carbons (Fsp3) is 0.533. The van der Waals surface area contributed by atoms with Gasteiger partial charge >= 0.3 is 0 Å². The average Bonchev–Trinajstić information content (AvgIpc) is 2.90. The van der Waals surface area contributed by atoms with E-state index < -0.39 is 0 Å². The lowest BCUT2D eigenvalue weighted by molar-refractivity contribution is 0.198.